The summed E-state index contributed by atoms with van der Waals surface area (Å²) in [4.78, 5) is 16.6. The maximum absolute atomic E-state index is 13.4. The van der Waals surface area contributed by atoms with Gasteiger partial charge in [-0.05, 0) is 18.2 Å². The van der Waals surface area contributed by atoms with Crippen LogP contribution in [-0.2, 0) is 0 Å². The third kappa shape index (κ3) is 2.62. The quantitative estimate of drug-likeness (QED) is 0.547. The van der Waals surface area contributed by atoms with E-state index in [1.807, 2.05) is 0 Å². The zero-order chi connectivity index (χ0) is 14.8. The molecular formula is C14H10FN3OS2. The molecule has 1 aromatic carbocycles. The minimum absolute atomic E-state index is 0.180. The summed E-state index contributed by atoms with van der Waals surface area (Å²) in [5.41, 5.74) is 0.268. The van der Waals surface area contributed by atoms with Crippen molar-refractivity contribution in [2.45, 2.75) is 4.21 Å². The average molecular weight is 319 g/mol. The van der Waals surface area contributed by atoms with Gasteiger partial charge in [-0.15, -0.1) is 29.7 Å². The van der Waals surface area contributed by atoms with Crippen molar-refractivity contribution in [2.24, 2.45) is 0 Å². The molecule has 0 atom stereocenters. The highest BCUT2D eigenvalue weighted by molar-refractivity contribution is 8.01. The predicted molar refractivity (Wildman–Crippen MR) is 83.9 cm³/mol. The summed E-state index contributed by atoms with van der Waals surface area (Å²) in [6, 6.07) is 4.18. The van der Waals surface area contributed by atoms with Crippen LogP contribution < -0.4 is 5.43 Å². The summed E-state index contributed by atoms with van der Waals surface area (Å²) in [6.07, 6.45) is 4.61. The summed E-state index contributed by atoms with van der Waals surface area (Å²) in [5.74, 6) is 0.296. The molecule has 0 amide bonds. The lowest BCUT2D eigenvalue weighted by Crippen LogP contribution is -2.13. The Morgan fingerprint density at radius 1 is 1.48 bits per heavy atom. The van der Waals surface area contributed by atoms with Crippen molar-refractivity contribution in [3.63, 3.8) is 0 Å². The standard InChI is InChI=1S/C14H10FN3OS2/c1-2-5-20-14-12(18-8-16-7-17-18)13(19)10-4-3-9(15)6-11(10)21-14/h2-4,6-8H,1,5H2. The Morgan fingerprint density at radius 3 is 3.05 bits per heavy atom. The van der Waals surface area contributed by atoms with Gasteiger partial charge in [-0.2, -0.15) is 5.10 Å². The van der Waals surface area contributed by atoms with E-state index in [-0.39, 0.29) is 11.2 Å². The van der Waals surface area contributed by atoms with Gasteiger partial charge in [0.25, 0.3) is 0 Å². The zero-order valence-electron chi connectivity index (χ0n) is 10.8. The lowest BCUT2D eigenvalue weighted by Gasteiger charge is -2.08. The van der Waals surface area contributed by atoms with Gasteiger partial charge >= 0.3 is 0 Å². The third-order valence-corrected chi connectivity index (χ3v) is 5.18. The number of hydrogen-bond donors (Lipinski definition) is 0. The smallest absolute Gasteiger partial charge is 0.214 e. The Kier molecular flexibility index (Phi) is 3.85. The molecule has 21 heavy (non-hydrogen) atoms. The molecule has 3 rings (SSSR count). The van der Waals surface area contributed by atoms with Gasteiger partial charge in [0.2, 0.25) is 5.43 Å². The highest BCUT2D eigenvalue weighted by Gasteiger charge is 2.15. The number of rotatable bonds is 4. The fraction of sp³-hybridized carbons (Fsp3) is 0.0714. The maximum Gasteiger partial charge on any atom is 0.214 e. The maximum atomic E-state index is 13.4. The van der Waals surface area contributed by atoms with E-state index >= 15 is 0 Å². The number of aromatic nitrogens is 3. The van der Waals surface area contributed by atoms with Crippen molar-refractivity contribution in [3.05, 3.63) is 59.5 Å². The van der Waals surface area contributed by atoms with E-state index in [1.165, 1.54) is 58.6 Å². The lowest BCUT2D eigenvalue weighted by atomic mass is 10.2. The highest BCUT2D eigenvalue weighted by Crippen LogP contribution is 2.32. The summed E-state index contributed by atoms with van der Waals surface area (Å²) in [6.45, 7) is 3.68. The molecule has 0 aliphatic carbocycles. The van der Waals surface area contributed by atoms with Crippen molar-refractivity contribution in [1.82, 2.24) is 14.8 Å². The van der Waals surface area contributed by atoms with Crippen molar-refractivity contribution < 1.29 is 4.39 Å². The van der Waals surface area contributed by atoms with Crippen molar-refractivity contribution >= 4 is 33.2 Å². The topological polar surface area (TPSA) is 47.8 Å². The van der Waals surface area contributed by atoms with Crippen LogP contribution >= 0.6 is 23.1 Å². The summed E-state index contributed by atoms with van der Waals surface area (Å²) >= 11 is 2.84. The fourth-order valence-electron chi connectivity index (χ4n) is 1.89. The molecule has 0 aliphatic heterocycles. The fourth-order valence-corrected chi connectivity index (χ4v) is 4.12. The molecule has 3 aromatic rings. The third-order valence-electron chi connectivity index (χ3n) is 2.78. The number of hydrogen-bond acceptors (Lipinski definition) is 5. The van der Waals surface area contributed by atoms with E-state index in [1.54, 1.807) is 6.08 Å². The molecule has 7 heteroatoms. The second kappa shape index (κ2) is 5.79. The van der Waals surface area contributed by atoms with Gasteiger partial charge in [0.05, 0.1) is 4.21 Å². The molecule has 0 bridgehead atoms. The van der Waals surface area contributed by atoms with Gasteiger partial charge < -0.3 is 0 Å². The van der Waals surface area contributed by atoms with Crippen LogP contribution in [-0.4, -0.2) is 20.5 Å². The van der Waals surface area contributed by atoms with Crippen LogP contribution in [0.3, 0.4) is 0 Å². The van der Waals surface area contributed by atoms with E-state index in [0.29, 0.717) is 21.5 Å². The number of benzene rings is 1. The van der Waals surface area contributed by atoms with E-state index < -0.39 is 0 Å². The molecule has 0 saturated carbocycles. The molecule has 0 aliphatic rings. The van der Waals surface area contributed by atoms with Crippen LogP contribution in [0.25, 0.3) is 15.8 Å². The zero-order valence-corrected chi connectivity index (χ0v) is 12.5. The van der Waals surface area contributed by atoms with E-state index in [2.05, 4.69) is 16.7 Å². The van der Waals surface area contributed by atoms with Crippen LogP contribution in [0.1, 0.15) is 0 Å². The molecule has 0 unspecified atom stereocenters. The molecular weight excluding hydrogens is 309 g/mol. The van der Waals surface area contributed by atoms with Crippen molar-refractivity contribution in [1.29, 1.82) is 0 Å². The minimum atomic E-state index is -0.355. The molecule has 0 saturated heterocycles. The SMILES string of the molecule is C=CCSc1sc2cc(F)ccc2c(=O)c1-n1cncn1. The summed E-state index contributed by atoms with van der Waals surface area (Å²) in [7, 11) is 0. The molecule has 106 valence electrons. The van der Waals surface area contributed by atoms with E-state index in [9.17, 15) is 9.18 Å². The largest absolute Gasteiger partial charge is 0.287 e. The molecule has 2 aromatic heterocycles. The molecule has 0 N–H and O–H groups in total. The Balaban J connectivity index is 2.32. The van der Waals surface area contributed by atoms with Gasteiger partial charge in [-0.25, -0.2) is 14.1 Å². The number of nitrogens with zero attached hydrogens (tertiary/aromatic N) is 3. The van der Waals surface area contributed by atoms with Crippen molar-refractivity contribution in [3.8, 4) is 5.69 Å². The Morgan fingerprint density at radius 2 is 2.33 bits per heavy atom. The van der Waals surface area contributed by atoms with Crippen LogP contribution in [0.5, 0.6) is 0 Å². The van der Waals surface area contributed by atoms with Gasteiger partial charge in [0.15, 0.2) is 0 Å². The Hall–Kier alpha value is -1.99. The van der Waals surface area contributed by atoms with Gasteiger partial charge in [0.1, 0.15) is 24.2 Å². The second-order valence-corrected chi connectivity index (χ2v) is 6.49. The predicted octanol–water partition coefficient (Wildman–Crippen LogP) is 3.26. The minimum Gasteiger partial charge on any atom is -0.287 e. The highest BCUT2D eigenvalue weighted by atomic mass is 32.2. The van der Waals surface area contributed by atoms with Gasteiger partial charge in [-0.1, -0.05) is 6.08 Å². The lowest BCUT2D eigenvalue weighted by molar-refractivity contribution is 0.630. The first-order valence-corrected chi connectivity index (χ1v) is 7.86. The molecule has 0 radical (unpaired) electrons. The average Bonchev–Trinajstić information content (AvgIpc) is 2.98. The van der Waals surface area contributed by atoms with Crippen LogP contribution in [0.15, 0.2) is 52.5 Å². The first-order valence-electron chi connectivity index (χ1n) is 6.06. The van der Waals surface area contributed by atoms with E-state index in [4.69, 9.17) is 0 Å². The Bertz CT molecular complexity index is 859. The first-order chi connectivity index (χ1) is 10.2. The Labute approximate surface area is 128 Å². The number of fused-ring (bicyclic) bond motifs is 1. The van der Waals surface area contributed by atoms with Crippen molar-refractivity contribution in [2.75, 3.05) is 5.75 Å². The van der Waals surface area contributed by atoms with E-state index in [0.717, 1.165) is 4.21 Å². The van der Waals surface area contributed by atoms with Gasteiger partial charge in [-0.3, -0.25) is 4.79 Å². The molecule has 2 heterocycles. The van der Waals surface area contributed by atoms with Crippen LogP contribution in [0, 0.1) is 5.82 Å². The molecule has 4 nitrogen and oxygen atoms in total. The van der Waals surface area contributed by atoms with Crippen LogP contribution in [0.4, 0.5) is 4.39 Å². The first kappa shape index (κ1) is 14.0. The number of halogens is 1. The monoisotopic (exact) mass is 319 g/mol. The van der Waals surface area contributed by atoms with Gasteiger partial charge in [0, 0.05) is 15.8 Å². The second-order valence-electron chi connectivity index (χ2n) is 4.15. The summed E-state index contributed by atoms with van der Waals surface area (Å²) < 4.78 is 16.2. The summed E-state index contributed by atoms with van der Waals surface area (Å²) in [5, 5.41) is 4.52. The molecule has 0 spiro atoms. The van der Waals surface area contributed by atoms with Crippen LogP contribution in [0.2, 0.25) is 0 Å². The molecule has 0 fully saturated rings. The normalized spacial score (nSPS) is 10.9. The number of thioether (sulfide) groups is 1.